The van der Waals surface area contributed by atoms with Gasteiger partial charge >= 0.3 is 0 Å². The number of aryl methyl sites for hydroxylation is 1. The van der Waals surface area contributed by atoms with E-state index in [2.05, 4.69) is 10.6 Å². The van der Waals surface area contributed by atoms with Crippen LogP contribution >= 0.6 is 0 Å². The molecule has 142 valence electrons. The third kappa shape index (κ3) is 4.67. The SMILES string of the molecule is COc1ccc(/C=C(\NC(=O)c2ccco2)C(=O)Nc2ccccc2C)cc1. The average molecular weight is 376 g/mol. The zero-order valence-corrected chi connectivity index (χ0v) is 15.6. The maximum atomic E-state index is 12.8. The van der Waals surface area contributed by atoms with Crippen LogP contribution in [0.25, 0.3) is 6.08 Å². The van der Waals surface area contributed by atoms with Gasteiger partial charge in [-0.15, -0.1) is 0 Å². The van der Waals surface area contributed by atoms with Crippen molar-refractivity contribution in [2.45, 2.75) is 6.92 Å². The zero-order valence-electron chi connectivity index (χ0n) is 15.6. The van der Waals surface area contributed by atoms with Gasteiger partial charge in [0, 0.05) is 5.69 Å². The summed E-state index contributed by atoms with van der Waals surface area (Å²) < 4.78 is 10.3. The van der Waals surface area contributed by atoms with Crippen LogP contribution in [0.15, 0.2) is 77.0 Å². The van der Waals surface area contributed by atoms with Gasteiger partial charge in [-0.05, 0) is 54.5 Å². The zero-order chi connectivity index (χ0) is 19.9. The number of para-hydroxylation sites is 1. The number of carbonyl (C=O) groups excluding carboxylic acids is 2. The molecule has 3 rings (SSSR count). The summed E-state index contributed by atoms with van der Waals surface area (Å²) in [7, 11) is 1.58. The highest BCUT2D eigenvalue weighted by atomic mass is 16.5. The van der Waals surface area contributed by atoms with Crippen molar-refractivity contribution < 1.29 is 18.7 Å². The van der Waals surface area contributed by atoms with Gasteiger partial charge in [0.2, 0.25) is 0 Å². The molecule has 2 amide bonds. The summed E-state index contributed by atoms with van der Waals surface area (Å²) in [5.74, 6) is -0.137. The number of benzene rings is 2. The van der Waals surface area contributed by atoms with Gasteiger partial charge in [-0.3, -0.25) is 9.59 Å². The maximum Gasteiger partial charge on any atom is 0.291 e. The lowest BCUT2D eigenvalue weighted by Gasteiger charge is -2.12. The number of amides is 2. The van der Waals surface area contributed by atoms with Gasteiger partial charge < -0.3 is 19.8 Å². The first-order valence-corrected chi connectivity index (χ1v) is 8.64. The van der Waals surface area contributed by atoms with Gasteiger partial charge in [0.1, 0.15) is 11.4 Å². The second-order valence-corrected chi connectivity index (χ2v) is 6.03. The van der Waals surface area contributed by atoms with Crippen molar-refractivity contribution in [3.05, 3.63) is 89.5 Å². The number of ether oxygens (including phenoxy) is 1. The van der Waals surface area contributed by atoms with E-state index in [0.717, 1.165) is 11.1 Å². The summed E-state index contributed by atoms with van der Waals surface area (Å²) in [6.45, 7) is 1.89. The van der Waals surface area contributed by atoms with Crippen molar-refractivity contribution in [1.82, 2.24) is 5.32 Å². The summed E-state index contributed by atoms with van der Waals surface area (Å²) in [5.41, 5.74) is 2.41. The van der Waals surface area contributed by atoms with Crippen LogP contribution in [-0.4, -0.2) is 18.9 Å². The summed E-state index contributed by atoms with van der Waals surface area (Å²) in [6.07, 6.45) is 2.99. The second kappa shape index (κ2) is 8.73. The smallest absolute Gasteiger partial charge is 0.291 e. The molecule has 0 saturated heterocycles. The molecule has 1 aromatic heterocycles. The van der Waals surface area contributed by atoms with Crippen LogP contribution in [0, 0.1) is 6.92 Å². The molecule has 0 fully saturated rings. The van der Waals surface area contributed by atoms with Crippen LogP contribution in [0.2, 0.25) is 0 Å². The minimum absolute atomic E-state index is 0.0924. The number of nitrogens with one attached hydrogen (secondary N) is 2. The third-order valence-electron chi connectivity index (χ3n) is 4.06. The Labute approximate surface area is 162 Å². The molecule has 0 bridgehead atoms. The minimum atomic E-state index is -0.510. The van der Waals surface area contributed by atoms with Gasteiger partial charge in [0.15, 0.2) is 5.76 Å². The van der Waals surface area contributed by atoms with Gasteiger partial charge in [-0.1, -0.05) is 30.3 Å². The van der Waals surface area contributed by atoms with Gasteiger partial charge in [0.25, 0.3) is 11.8 Å². The maximum absolute atomic E-state index is 12.8. The highest BCUT2D eigenvalue weighted by Crippen LogP contribution is 2.17. The van der Waals surface area contributed by atoms with Crippen molar-refractivity contribution in [3.63, 3.8) is 0 Å². The van der Waals surface area contributed by atoms with Crippen LogP contribution < -0.4 is 15.4 Å². The molecule has 3 aromatic rings. The molecule has 0 atom stereocenters. The van der Waals surface area contributed by atoms with Crippen LogP contribution in [0.1, 0.15) is 21.7 Å². The summed E-state index contributed by atoms with van der Waals surface area (Å²) in [6, 6.07) is 17.7. The topological polar surface area (TPSA) is 80.6 Å². The van der Waals surface area contributed by atoms with E-state index < -0.39 is 11.8 Å². The fraction of sp³-hybridized carbons (Fsp3) is 0.0909. The molecule has 2 aromatic carbocycles. The third-order valence-corrected chi connectivity index (χ3v) is 4.06. The van der Waals surface area contributed by atoms with E-state index in [1.54, 1.807) is 49.6 Å². The monoisotopic (exact) mass is 376 g/mol. The van der Waals surface area contributed by atoms with E-state index in [4.69, 9.17) is 9.15 Å². The van der Waals surface area contributed by atoms with Crippen molar-refractivity contribution >= 4 is 23.6 Å². The highest BCUT2D eigenvalue weighted by Gasteiger charge is 2.17. The molecule has 28 heavy (non-hydrogen) atoms. The van der Waals surface area contributed by atoms with Crippen molar-refractivity contribution in [2.24, 2.45) is 0 Å². The van der Waals surface area contributed by atoms with Crippen LogP contribution in [0.5, 0.6) is 5.75 Å². The molecular formula is C22H20N2O4. The van der Waals surface area contributed by atoms with Crippen molar-refractivity contribution in [1.29, 1.82) is 0 Å². The first-order valence-electron chi connectivity index (χ1n) is 8.64. The van der Waals surface area contributed by atoms with Crippen molar-refractivity contribution in [2.75, 3.05) is 12.4 Å². The van der Waals surface area contributed by atoms with Crippen LogP contribution in [0.3, 0.4) is 0 Å². The molecule has 6 heteroatoms. The van der Waals surface area contributed by atoms with E-state index in [1.165, 1.54) is 12.3 Å². The largest absolute Gasteiger partial charge is 0.497 e. The molecule has 0 spiro atoms. The Kier molecular flexibility index (Phi) is 5.91. The van der Waals surface area contributed by atoms with E-state index in [9.17, 15) is 9.59 Å². The number of furan rings is 1. The molecule has 0 aliphatic carbocycles. The number of hydrogen-bond acceptors (Lipinski definition) is 4. The molecule has 0 unspecified atom stereocenters. The Morgan fingerprint density at radius 3 is 2.39 bits per heavy atom. The molecule has 0 aliphatic rings. The molecule has 6 nitrogen and oxygen atoms in total. The number of rotatable bonds is 6. The lowest BCUT2D eigenvalue weighted by atomic mass is 10.1. The first-order chi connectivity index (χ1) is 13.6. The van der Waals surface area contributed by atoms with E-state index in [0.29, 0.717) is 11.4 Å². The predicted octanol–water partition coefficient (Wildman–Crippen LogP) is 4.01. The Hall–Kier alpha value is -3.80. The van der Waals surface area contributed by atoms with E-state index in [1.807, 2.05) is 25.1 Å². The number of methoxy groups -OCH3 is 1. The van der Waals surface area contributed by atoms with E-state index in [-0.39, 0.29) is 11.5 Å². The fourth-order valence-corrected chi connectivity index (χ4v) is 2.52. The Bertz CT molecular complexity index is 990. The summed E-state index contributed by atoms with van der Waals surface area (Å²) >= 11 is 0. The lowest BCUT2D eigenvalue weighted by Crippen LogP contribution is -2.30. The fourth-order valence-electron chi connectivity index (χ4n) is 2.52. The van der Waals surface area contributed by atoms with Gasteiger partial charge in [0.05, 0.1) is 13.4 Å². The van der Waals surface area contributed by atoms with Gasteiger partial charge in [-0.2, -0.15) is 0 Å². The van der Waals surface area contributed by atoms with Crippen molar-refractivity contribution in [3.8, 4) is 5.75 Å². The van der Waals surface area contributed by atoms with Crippen LogP contribution in [-0.2, 0) is 4.79 Å². The summed E-state index contributed by atoms with van der Waals surface area (Å²) in [5, 5.41) is 5.45. The Morgan fingerprint density at radius 2 is 1.75 bits per heavy atom. The number of carbonyl (C=O) groups is 2. The Balaban J connectivity index is 1.88. The normalized spacial score (nSPS) is 11.0. The molecule has 1 heterocycles. The first kappa shape index (κ1) is 19.0. The molecular weight excluding hydrogens is 356 g/mol. The molecule has 0 saturated carbocycles. The lowest BCUT2D eigenvalue weighted by molar-refractivity contribution is -0.113. The Morgan fingerprint density at radius 1 is 1.00 bits per heavy atom. The van der Waals surface area contributed by atoms with Crippen LogP contribution in [0.4, 0.5) is 5.69 Å². The minimum Gasteiger partial charge on any atom is -0.497 e. The van der Waals surface area contributed by atoms with E-state index >= 15 is 0 Å². The molecule has 2 N–H and O–H groups in total. The standard InChI is InChI=1S/C22H20N2O4/c1-15-6-3-4-7-18(15)23-21(25)19(24-22(26)20-8-5-13-28-20)14-16-9-11-17(27-2)12-10-16/h3-14H,1-2H3,(H,23,25)(H,24,26)/b19-14-. The number of anilines is 1. The molecule has 0 aliphatic heterocycles. The average Bonchev–Trinajstić information content (AvgIpc) is 3.25. The second-order valence-electron chi connectivity index (χ2n) is 6.03. The summed E-state index contributed by atoms with van der Waals surface area (Å²) in [4.78, 5) is 25.2. The highest BCUT2D eigenvalue weighted by molar-refractivity contribution is 6.10. The predicted molar refractivity (Wildman–Crippen MR) is 107 cm³/mol. The number of hydrogen-bond donors (Lipinski definition) is 2. The molecule has 0 radical (unpaired) electrons. The quantitative estimate of drug-likeness (QED) is 0.637. The van der Waals surface area contributed by atoms with Gasteiger partial charge in [-0.25, -0.2) is 0 Å².